The first kappa shape index (κ1) is 15.2. The number of hydrogen-bond acceptors (Lipinski definition) is 3. The van der Waals surface area contributed by atoms with Crippen LogP contribution < -0.4 is 0 Å². The van der Waals surface area contributed by atoms with Crippen molar-refractivity contribution in [2.75, 3.05) is 19.7 Å². The van der Waals surface area contributed by atoms with Gasteiger partial charge in [-0.2, -0.15) is 13.2 Å². The summed E-state index contributed by atoms with van der Waals surface area (Å²) >= 11 is 0. The number of carboxylic acid groups (broad SMARTS) is 1. The van der Waals surface area contributed by atoms with E-state index in [1.807, 2.05) is 6.92 Å². The van der Waals surface area contributed by atoms with Gasteiger partial charge in [-0.1, -0.05) is 0 Å². The summed E-state index contributed by atoms with van der Waals surface area (Å²) in [5.74, 6) is -1.43. The highest BCUT2D eigenvalue weighted by Gasteiger charge is 2.45. The van der Waals surface area contributed by atoms with Gasteiger partial charge in [0, 0.05) is 19.7 Å². The number of carboxylic acids is 1. The van der Waals surface area contributed by atoms with Gasteiger partial charge >= 0.3 is 12.1 Å². The van der Waals surface area contributed by atoms with Crippen LogP contribution in [0.5, 0.6) is 0 Å². The van der Waals surface area contributed by atoms with Gasteiger partial charge in [-0.15, -0.1) is 0 Å². The number of aliphatic carboxylic acids is 1. The maximum Gasteiger partial charge on any atom is 0.404 e. The van der Waals surface area contributed by atoms with E-state index >= 15 is 0 Å². The number of ether oxygens (including phenoxy) is 1. The summed E-state index contributed by atoms with van der Waals surface area (Å²) in [6.07, 6.45) is -4.38. The Labute approximate surface area is 104 Å². The number of carbonyl (C=O) groups is 1. The summed E-state index contributed by atoms with van der Waals surface area (Å²) in [4.78, 5) is 11.7. The average Bonchev–Trinajstić information content (AvgIpc) is 2.26. The van der Waals surface area contributed by atoms with Gasteiger partial charge in [0.2, 0.25) is 0 Å². The third-order valence-corrected chi connectivity index (χ3v) is 3.07. The Bertz CT molecular complexity index is 275. The Balaban J connectivity index is 2.58. The first-order chi connectivity index (χ1) is 8.34. The molecule has 1 saturated heterocycles. The minimum absolute atomic E-state index is 0.00929. The van der Waals surface area contributed by atoms with Crippen LogP contribution in [0.1, 0.15) is 26.2 Å². The van der Waals surface area contributed by atoms with Crippen LogP contribution in [0.25, 0.3) is 0 Å². The second kappa shape index (κ2) is 6.38. The molecule has 0 aromatic carbocycles. The number of rotatable bonds is 5. The number of alkyl halides is 3. The van der Waals surface area contributed by atoms with Crippen molar-refractivity contribution in [3.63, 3.8) is 0 Å². The molecular formula is C11H18F3NO3. The van der Waals surface area contributed by atoms with Crippen LogP contribution in [0.2, 0.25) is 0 Å². The monoisotopic (exact) mass is 269 g/mol. The summed E-state index contributed by atoms with van der Waals surface area (Å²) in [5, 5.41) is 8.56. The number of hydrogen-bond donors (Lipinski definition) is 1. The third-order valence-electron chi connectivity index (χ3n) is 3.07. The average molecular weight is 269 g/mol. The van der Waals surface area contributed by atoms with Gasteiger partial charge in [0.15, 0.2) is 0 Å². The molecule has 0 radical (unpaired) electrons. The molecule has 1 fully saturated rings. The van der Waals surface area contributed by atoms with Gasteiger partial charge in [-0.3, -0.25) is 9.69 Å². The van der Waals surface area contributed by atoms with Crippen LogP contribution in [0.15, 0.2) is 0 Å². The van der Waals surface area contributed by atoms with Crippen molar-refractivity contribution in [3.05, 3.63) is 0 Å². The molecular weight excluding hydrogens is 251 g/mol. The highest BCUT2D eigenvalue weighted by molar-refractivity contribution is 5.67. The number of halogens is 3. The first-order valence-corrected chi connectivity index (χ1v) is 5.98. The summed E-state index contributed by atoms with van der Waals surface area (Å²) in [5.41, 5.74) is 0. The molecule has 1 aliphatic rings. The van der Waals surface area contributed by atoms with E-state index in [2.05, 4.69) is 0 Å². The lowest BCUT2D eigenvalue weighted by molar-refractivity contribution is -0.195. The quantitative estimate of drug-likeness (QED) is 0.828. The van der Waals surface area contributed by atoms with E-state index in [1.54, 1.807) is 0 Å². The van der Waals surface area contributed by atoms with Gasteiger partial charge in [0.1, 0.15) is 6.04 Å². The lowest BCUT2D eigenvalue weighted by Crippen LogP contribution is -2.51. The Morgan fingerprint density at radius 3 is 2.39 bits per heavy atom. The Morgan fingerprint density at radius 1 is 1.44 bits per heavy atom. The molecule has 1 rings (SSSR count). The molecule has 1 N–H and O–H groups in total. The van der Waals surface area contributed by atoms with E-state index in [9.17, 15) is 18.0 Å². The molecule has 1 heterocycles. The molecule has 1 unspecified atom stereocenters. The van der Waals surface area contributed by atoms with Crippen LogP contribution >= 0.6 is 0 Å². The van der Waals surface area contributed by atoms with E-state index in [0.29, 0.717) is 19.4 Å². The van der Waals surface area contributed by atoms with Crippen LogP contribution in [-0.4, -0.2) is 54.0 Å². The maximum atomic E-state index is 12.8. The predicted molar refractivity (Wildman–Crippen MR) is 58.3 cm³/mol. The zero-order valence-corrected chi connectivity index (χ0v) is 10.2. The molecule has 0 aromatic heterocycles. The van der Waals surface area contributed by atoms with Crippen molar-refractivity contribution in [1.29, 1.82) is 0 Å². The van der Waals surface area contributed by atoms with Gasteiger partial charge in [0.25, 0.3) is 0 Å². The molecule has 0 aliphatic carbocycles. The number of likely N-dealkylation sites (tertiary alicyclic amines) is 1. The van der Waals surface area contributed by atoms with Gasteiger partial charge < -0.3 is 9.84 Å². The fourth-order valence-electron chi connectivity index (χ4n) is 2.21. The fraction of sp³-hybridized carbons (Fsp3) is 0.909. The van der Waals surface area contributed by atoms with Crippen LogP contribution in [0.4, 0.5) is 13.2 Å². The van der Waals surface area contributed by atoms with Crippen LogP contribution in [-0.2, 0) is 9.53 Å². The standard InChI is InChI=1S/C11H18F3NO3/c1-2-18-8-3-5-15(6-4-8)9(7-10(16)17)11(12,13)14/h8-9H,2-7H2,1H3,(H,16,17). The summed E-state index contributed by atoms with van der Waals surface area (Å²) in [6, 6.07) is -1.89. The molecule has 0 amide bonds. The normalized spacial score (nSPS) is 20.9. The first-order valence-electron chi connectivity index (χ1n) is 5.98. The maximum absolute atomic E-state index is 12.8. The zero-order valence-electron chi connectivity index (χ0n) is 10.2. The second-order valence-electron chi connectivity index (χ2n) is 4.35. The van der Waals surface area contributed by atoms with Crippen molar-refractivity contribution in [3.8, 4) is 0 Å². The summed E-state index contributed by atoms with van der Waals surface area (Å²) in [6.45, 7) is 2.84. The lowest BCUT2D eigenvalue weighted by atomic mass is 10.0. The smallest absolute Gasteiger partial charge is 0.404 e. The third kappa shape index (κ3) is 4.45. The molecule has 0 spiro atoms. The molecule has 106 valence electrons. The molecule has 18 heavy (non-hydrogen) atoms. The largest absolute Gasteiger partial charge is 0.481 e. The van der Waals surface area contributed by atoms with Crippen LogP contribution in [0, 0.1) is 0 Å². The Hall–Kier alpha value is -0.820. The minimum Gasteiger partial charge on any atom is -0.481 e. The highest BCUT2D eigenvalue weighted by atomic mass is 19.4. The van der Waals surface area contributed by atoms with E-state index < -0.39 is 24.6 Å². The van der Waals surface area contributed by atoms with E-state index in [-0.39, 0.29) is 19.2 Å². The van der Waals surface area contributed by atoms with Crippen LogP contribution in [0.3, 0.4) is 0 Å². The van der Waals surface area contributed by atoms with Gasteiger partial charge in [-0.25, -0.2) is 0 Å². The molecule has 0 aromatic rings. The lowest BCUT2D eigenvalue weighted by Gasteiger charge is -2.37. The van der Waals surface area contributed by atoms with Crippen molar-refractivity contribution in [1.82, 2.24) is 4.90 Å². The summed E-state index contributed by atoms with van der Waals surface area (Å²) in [7, 11) is 0. The number of piperidine rings is 1. The van der Waals surface area contributed by atoms with Crippen molar-refractivity contribution in [2.24, 2.45) is 0 Å². The van der Waals surface area contributed by atoms with Gasteiger partial charge in [0.05, 0.1) is 12.5 Å². The van der Waals surface area contributed by atoms with Gasteiger partial charge in [-0.05, 0) is 19.8 Å². The number of nitrogens with zero attached hydrogens (tertiary/aromatic N) is 1. The van der Waals surface area contributed by atoms with E-state index in [1.165, 1.54) is 4.90 Å². The Kier molecular flexibility index (Phi) is 5.40. The Morgan fingerprint density at radius 2 is 2.00 bits per heavy atom. The molecule has 1 aliphatic heterocycles. The van der Waals surface area contributed by atoms with Crippen molar-refractivity contribution >= 4 is 5.97 Å². The summed E-state index contributed by atoms with van der Waals surface area (Å²) < 4.78 is 43.7. The second-order valence-corrected chi connectivity index (χ2v) is 4.35. The SMILES string of the molecule is CCOC1CCN(C(CC(=O)O)C(F)(F)F)CC1. The van der Waals surface area contributed by atoms with Crippen molar-refractivity contribution < 1.29 is 27.8 Å². The molecule has 7 heteroatoms. The topological polar surface area (TPSA) is 49.8 Å². The molecule has 1 atom stereocenters. The van der Waals surface area contributed by atoms with E-state index in [4.69, 9.17) is 9.84 Å². The minimum atomic E-state index is -4.50. The predicted octanol–water partition coefficient (Wildman–Crippen LogP) is 1.89. The van der Waals surface area contributed by atoms with Crippen molar-refractivity contribution in [2.45, 2.75) is 44.5 Å². The molecule has 4 nitrogen and oxygen atoms in total. The van der Waals surface area contributed by atoms with E-state index in [0.717, 1.165) is 0 Å². The molecule has 0 saturated carbocycles. The zero-order chi connectivity index (χ0) is 13.8. The highest BCUT2D eigenvalue weighted by Crippen LogP contribution is 2.29. The molecule has 0 bridgehead atoms. The fourth-order valence-corrected chi connectivity index (χ4v) is 2.21.